The summed E-state index contributed by atoms with van der Waals surface area (Å²) in [5.41, 5.74) is 9.74. The Morgan fingerprint density at radius 2 is 0.680 bits per heavy atom. The fourth-order valence-electron chi connectivity index (χ4n) is 11.5. The molecule has 48 heteroatoms. The minimum absolute atomic E-state index is 0.0552. The van der Waals surface area contributed by atoms with Gasteiger partial charge in [-0.05, 0) is 107 Å². The van der Waals surface area contributed by atoms with Gasteiger partial charge < -0.3 is 35.5 Å². The van der Waals surface area contributed by atoms with E-state index < -0.39 is 41.6 Å². The van der Waals surface area contributed by atoms with Crippen LogP contribution in [-0.4, -0.2) is 225 Å². The Kier molecular flexibility index (Phi) is 44.3. The van der Waals surface area contributed by atoms with E-state index in [9.17, 15) is 42.3 Å². The van der Waals surface area contributed by atoms with Crippen LogP contribution in [0.5, 0.6) is 0 Å². The van der Waals surface area contributed by atoms with Crippen LogP contribution < -0.4 is 55.6 Å². The lowest BCUT2D eigenvalue weighted by atomic mass is 10.1. The summed E-state index contributed by atoms with van der Waals surface area (Å²) in [6.45, 7) is 21.8. The molecular formula is C99H99F2N29O10S7. The normalized spacial score (nSPS) is 10.5. The fraction of sp³-hybridized carbons (Fsp3) is 0.263. The number of aryl methyl sites for hydroxylation is 7. The first-order chi connectivity index (χ1) is 70.2. The monoisotopic (exact) mass is 2120 g/mol. The average molecular weight is 2120 g/mol. The molecule has 0 bridgehead atoms. The number of ether oxygens (including phenoxy) is 3. The zero-order valence-electron chi connectivity index (χ0n) is 83.0. The molecule has 0 aliphatic heterocycles. The SMILES string of the molecule is C#CC(C)(C)NC(=O)N(C)c1sc(-c2cncnc2)nc1C.C#CC(C)NC(=O)N(C)c1sc(-c2cncnc2)nc1C.C#CC(C)OC(=O)N(C)c1sc(-c2cncc(F)c2)nc1C.C#CCNC(=O)N(C)c1sc(-c2cncnc2)nc1C.C#CCOC(=O)N(C)c1sc(-c2cncc(F)c2)nc1C.C#CCOC(=O)N(C)c1sc(-c2cncnc2)nc1C.CC#CCNC(=O)N(C)c1sc(-c2cccnc2)nc1C. The van der Waals surface area contributed by atoms with Crippen molar-refractivity contribution in [3.05, 3.63) is 188 Å². The van der Waals surface area contributed by atoms with Crippen molar-refractivity contribution >= 4 is 157 Å². The lowest BCUT2D eigenvalue weighted by molar-refractivity contribution is 0.139. The van der Waals surface area contributed by atoms with Crippen molar-refractivity contribution in [3.63, 3.8) is 0 Å². The summed E-state index contributed by atoms with van der Waals surface area (Å²) in [6, 6.07) is 5.19. The number of hydrogen-bond acceptors (Lipinski definition) is 35. The maximum atomic E-state index is 13.2. The molecular weight excluding hydrogens is 2020 g/mol. The van der Waals surface area contributed by atoms with Gasteiger partial charge in [-0.1, -0.05) is 121 Å². The Balaban J connectivity index is 0.000000209. The maximum absolute atomic E-state index is 13.2. The van der Waals surface area contributed by atoms with Crippen molar-refractivity contribution in [3.8, 4) is 160 Å². The minimum Gasteiger partial charge on any atom is -0.436 e. The summed E-state index contributed by atoms with van der Waals surface area (Å²) < 4.78 is 41.2. The number of hydrogen-bond donors (Lipinski definition) is 4. The Hall–Kier alpha value is -17.2. The molecule has 39 nitrogen and oxygen atoms in total. The van der Waals surface area contributed by atoms with E-state index in [0.717, 1.165) is 114 Å². The molecule has 4 N–H and O–H groups in total. The van der Waals surface area contributed by atoms with Crippen molar-refractivity contribution < 1.29 is 56.6 Å². The number of urea groups is 4. The smallest absolute Gasteiger partial charge is 0.415 e. The number of nitrogens with one attached hydrogen (secondary N) is 4. The van der Waals surface area contributed by atoms with E-state index in [0.29, 0.717) is 54.1 Å². The standard InChI is InChI=1S/C15H14FN3O2S.C15H17N5OS.C15H16N4OS.C14H12FN3O2S.C14H15N5OS.C13H13N5OS.C13H12N4O2S/c1-5-9(2)21-15(20)19(4)14-10(3)18-13(22-14)11-6-12(16)8-17-7-11;1-6-15(3,4)19-14(21)20(5)13-10(2)18-12(22-13)11-7-16-9-17-8-11;1-4-5-9-17-15(20)19(3)14-11(2)18-13(21-14)12-7-6-8-16-10-12;1-4-5-20-14(19)18(3)13-9(2)17-12(21-13)10-6-11(15)8-16-7-10;1-5-9(2)17-14(20)19(4)13-10(3)18-12(21-13)11-6-15-8-16-7-11;1-4-5-16-13(19)18(3)12-9(2)17-11(20-12)10-6-14-8-15-7-10;1-4-5-19-13(18)17(3)12-9(2)16-11(20-12)10-6-14-8-15-7-10/h1,6-9H,2-4H3;1,7-9H,2-5H3,(H,19,21);6-8,10H,9H2,1-3H3,(H,17,20);1,6-8H,5H2,2-3H3;1,6-9H,2-4H3,(H,17,20);1,6-8H,5H2,2-3H3,(H,16,19);1,6-8H,5H2,2-3H3. The summed E-state index contributed by atoms with van der Waals surface area (Å²) in [5.74, 6) is 18.8. The number of aromatic nitrogens is 18. The highest BCUT2D eigenvalue weighted by Crippen LogP contribution is 2.41. The predicted molar refractivity (Wildman–Crippen MR) is 573 cm³/mol. The highest BCUT2D eigenvalue weighted by molar-refractivity contribution is 7.21. The van der Waals surface area contributed by atoms with Gasteiger partial charge in [0.25, 0.3) is 0 Å². The molecule has 0 spiro atoms. The molecule has 756 valence electrons. The van der Waals surface area contributed by atoms with Crippen LogP contribution in [0.4, 0.5) is 77.4 Å². The van der Waals surface area contributed by atoms with Gasteiger partial charge in [0.05, 0.1) is 76.9 Å². The molecule has 14 heterocycles. The molecule has 147 heavy (non-hydrogen) atoms. The second kappa shape index (κ2) is 56.6. The highest BCUT2D eigenvalue weighted by atomic mass is 32.1. The van der Waals surface area contributed by atoms with E-state index in [1.54, 1.807) is 165 Å². The molecule has 11 amide bonds. The number of carbonyl (C=O) groups is 7. The third kappa shape index (κ3) is 33.8. The van der Waals surface area contributed by atoms with Crippen LogP contribution in [0.3, 0.4) is 0 Å². The molecule has 0 saturated heterocycles. The minimum atomic E-state index is -0.708. The molecule has 0 fully saturated rings. The van der Waals surface area contributed by atoms with Crippen molar-refractivity contribution in [1.82, 2.24) is 111 Å². The van der Waals surface area contributed by atoms with Crippen LogP contribution in [0, 0.1) is 146 Å². The zero-order chi connectivity index (χ0) is 108. The maximum Gasteiger partial charge on any atom is 0.415 e. The summed E-state index contributed by atoms with van der Waals surface area (Å²) in [5, 5.41) is 20.9. The highest BCUT2D eigenvalue weighted by Gasteiger charge is 2.29. The van der Waals surface area contributed by atoms with Gasteiger partial charge in [-0.2, -0.15) is 0 Å². The zero-order valence-corrected chi connectivity index (χ0v) is 88.7. The first-order valence-electron chi connectivity index (χ1n) is 43.1. The van der Waals surface area contributed by atoms with Crippen molar-refractivity contribution in [2.24, 2.45) is 0 Å². The van der Waals surface area contributed by atoms with E-state index in [1.807, 2.05) is 46.8 Å². The Labute approximate surface area is 876 Å². The van der Waals surface area contributed by atoms with Gasteiger partial charge in [-0.15, -0.1) is 44.5 Å². The fourth-order valence-corrected chi connectivity index (χ4v) is 18.5. The number of anilines is 7. The molecule has 0 saturated carbocycles. The van der Waals surface area contributed by atoms with E-state index >= 15 is 0 Å². The van der Waals surface area contributed by atoms with Crippen LogP contribution in [0.25, 0.3) is 74.0 Å². The van der Waals surface area contributed by atoms with Crippen LogP contribution in [0.15, 0.2) is 136 Å². The number of thiazole rings is 7. The molecule has 14 aromatic heterocycles. The van der Waals surface area contributed by atoms with E-state index in [1.165, 1.54) is 159 Å². The second-order valence-electron chi connectivity index (χ2n) is 30.5. The molecule has 0 aliphatic carbocycles. The third-order valence-corrected chi connectivity index (χ3v) is 27.9. The number of rotatable bonds is 21. The van der Waals surface area contributed by atoms with Crippen molar-refractivity contribution in [1.29, 1.82) is 0 Å². The van der Waals surface area contributed by atoms with Gasteiger partial charge in [0.2, 0.25) is 0 Å². The Morgan fingerprint density at radius 1 is 0.381 bits per heavy atom. The van der Waals surface area contributed by atoms with Gasteiger partial charge in [-0.3, -0.25) is 49.3 Å². The van der Waals surface area contributed by atoms with Gasteiger partial charge in [-0.25, -0.2) is 117 Å². The van der Waals surface area contributed by atoms with Crippen molar-refractivity contribution in [2.45, 2.75) is 101 Å². The topological polar surface area (TPSA) is 450 Å². The Bertz CT molecular complexity index is 7080. The summed E-state index contributed by atoms with van der Waals surface area (Å²) in [4.78, 5) is 168. The molecule has 0 aliphatic rings. The first-order valence-corrected chi connectivity index (χ1v) is 48.9. The van der Waals surface area contributed by atoms with Crippen molar-refractivity contribution in [2.75, 3.05) is 110 Å². The predicted octanol–water partition coefficient (Wildman–Crippen LogP) is 17.1. The molecule has 0 aromatic carbocycles. The number of terminal acetylenes is 6. The third-order valence-electron chi connectivity index (χ3n) is 18.9. The Morgan fingerprint density at radius 3 is 0.980 bits per heavy atom. The first kappa shape index (κ1) is 115. The van der Waals surface area contributed by atoms with Gasteiger partial charge in [0.15, 0.2) is 19.3 Å². The molecule has 14 rings (SSSR count). The summed E-state index contributed by atoms with van der Waals surface area (Å²) in [6.07, 6.45) is 56.9. The van der Waals surface area contributed by atoms with Crippen LogP contribution >= 0.6 is 79.4 Å². The quantitative estimate of drug-likeness (QED) is 0.0383. The molecule has 0 radical (unpaired) electrons. The van der Waals surface area contributed by atoms with Gasteiger partial charge in [0.1, 0.15) is 107 Å². The average Bonchev–Trinajstić information content (AvgIpc) is 2.01. The summed E-state index contributed by atoms with van der Waals surface area (Å²) in [7, 11) is 11.5. The lowest BCUT2D eigenvalue weighted by Crippen LogP contribution is -2.48. The van der Waals surface area contributed by atoms with Crippen LogP contribution in [0.1, 0.15) is 74.5 Å². The number of amides is 11. The van der Waals surface area contributed by atoms with Gasteiger partial charge in [0, 0.05) is 163 Å². The number of pyridine rings is 3. The van der Waals surface area contributed by atoms with Crippen LogP contribution in [0.2, 0.25) is 0 Å². The molecule has 2 atom stereocenters. The lowest BCUT2D eigenvalue weighted by Gasteiger charge is -2.24. The number of nitrogens with zero attached hydrogens (tertiary/aromatic N) is 25. The number of halogens is 2. The second-order valence-corrected chi connectivity index (χ2v) is 37.4. The largest absolute Gasteiger partial charge is 0.436 e. The molecule has 14 aromatic rings. The van der Waals surface area contributed by atoms with Gasteiger partial charge >= 0.3 is 42.4 Å². The van der Waals surface area contributed by atoms with E-state index in [2.05, 4.69) is 158 Å². The number of carbonyl (C=O) groups excluding carboxylic acids is 7. The molecule has 2 unspecified atom stereocenters. The van der Waals surface area contributed by atoms with E-state index in [4.69, 9.17) is 52.8 Å². The van der Waals surface area contributed by atoms with Crippen LogP contribution in [-0.2, 0) is 14.2 Å². The summed E-state index contributed by atoms with van der Waals surface area (Å²) >= 11 is 9.54. The van der Waals surface area contributed by atoms with E-state index in [-0.39, 0.29) is 49.9 Å².